The van der Waals surface area contributed by atoms with Gasteiger partial charge in [0.2, 0.25) is 5.91 Å². The van der Waals surface area contributed by atoms with Gasteiger partial charge in [-0.3, -0.25) is 14.4 Å². The van der Waals surface area contributed by atoms with E-state index in [2.05, 4.69) is 19.2 Å². The van der Waals surface area contributed by atoms with Crippen LogP contribution in [0.15, 0.2) is 60.0 Å². The van der Waals surface area contributed by atoms with E-state index in [1.165, 1.54) is 23.5 Å². The molecule has 2 aromatic heterocycles. The number of methoxy groups -OCH3 is 1. The predicted molar refractivity (Wildman–Crippen MR) is 207 cm³/mol. The van der Waals surface area contributed by atoms with Crippen LogP contribution in [0.1, 0.15) is 82.4 Å². The molecular weight excluding hydrogens is 708 g/mol. The molecule has 4 heterocycles. The van der Waals surface area contributed by atoms with E-state index in [0.29, 0.717) is 41.2 Å². The Bertz CT molecular complexity index is 2080. The van der Waals surface area contributed by atoms with Crippen LogP contribution in [0.25, 0.3) is 21.6 Å². The molecule has 1 amide bonds. The summed E-state index contributed by atoms with van der Waals surface area (Å²) in [6, 6.07) is 9.96. The molecule has 1 aliphatic carbocycles. The number of aliphatic carboxylic acids is 1. The number of carbonyl (C=O) groups excluding carboxylic acids is 2. The van der Waals surface area contributed by atoms with Crippen LogP contribution in [0.3, 0.4) is 0 Å². The molecule has 0 unspecified atom stereocenters. The fraction of sp³-hybridized carbons (Fsp3) is 0.452. The zero-order valence-corrected chi connectivity index (χ0v) is 32.0. The van der Waals surface area contributed by atoms with Crippen molar-refractivity contribution in [1.82, 2.24) is 14.9 Å². The largest absolute Gasteiger partial charge is 0.496 e. The summed E-state index contributed by atoms with van der Waals surface area (Å²) in [6.45, 7) is 6.26. The Balaban J connectivity index is 1.25. The lowest BCUT2D eigenvalue weighted by Gasteiger charge is -2.29. The number of anilines is 1. The highest BCUT2D eigenvalue weighted by molar-refractivity contribution is 7.13. The maximum absolute atomic E-state index is 14.6. The van der Waals surface area contributed by atoms with Gasteiger partial charge in [0.15, 0.2) is 5.78 Å². The number of amides is 1. The zero-order valence-electron chi connectivity index (χ0n) is 31.1. The van der Waals surface area contributed by atoms with Gasteiger partial charge in [-0.1, -0.05) is 38.8 Å². The summed E-state index contributed by atoms with van der Waals surface area (Å²) in [6.07, 6.45) is 7.69. The summed E-state index contributed by atoms with van der Waals surface area (Å²) in [5, 5.41) is 17.2. The van der Waals surface area contributed by atoms with Gasteiger partial charge in [-0.05, 0) is 80.8 Å². The first kappa shape index (κ1) is 37.5. The van der Waals surface area contributed by atoms with Gasteiger partial charge in [0, 0.05) is 40.9 Å². The summed E-state index contributed by atoms with van der Waals surface area (Å²) < 4.78 is 26.2. The van der Waals surface area contributed by atoms with Crippen molar-refractivity contribution in [3.8, 4) is 22.2 Å². The molecule has 1 saturated heterocycles. The van der Waals surface area contributed by atoms with Crippen molar-refractivity contribution in [3.63, 3.8) is 0 Å². The molecule has 284 valence electrons. The Morgan fingerprint density at radius 1 is 1.09 bits per heavy atom. The fourth-order valence-electron chi connectivity index (χ4n) is 7.88. The molecule has 2 N–H and O–H groups in total. The second-order valence-electron chi connectivity index (χ2n) is 15.2. The molecule has 2 aromatic carbocycles. The molecule has 2 aliphatic heterocycles. The molecule has 0 spiro atoms. The van der Waals surface area contributed by atoms with Gasteiger partial charge < -0.3 is 24.8 Å². The molecule has 0 bridgehead atoms. The first-order valence-electron chi connectivity index (χ1n) is 18.8. The number of allylic oxidation sites excluding steroid dienone is 2. The maximum atomic E-state index is 14.6. The number of hydrogen-bond donors (Lipinski definition) is 2. The Kier molecular flexibility index (Phi) is 10.7. The lowest BCUT2D eigenvalue weighted by Crippen LogP contribution is -2.48. The molecule has 7 rings (SSSR count). The number of nitrogens with zero attached hydrogens (tertiary/aromatic N) is 3. The number of carboxylic acid groups (broad SMARTS) is 1. The highest BCUT2D eigenvalue weighted by Gasteiger charge is 2.61. The number of Topliss-reactive ketones (excluding diaryl/α,β-unsaturated/α-hetero) is 1. The molecule has 4 aromatic rings. The summed E-state index contributed by atoms with van der Waals surface area (Å²) in [7, 11) is 1.62. The van der Waals surface area contributed by atoms with Crippen LogP contribution >= 0.6 is 11.3 Å². The minimum atomic E-state index is -1.18. The van der Waals surface area contributed by atoms with E-state index in [-0.39, 0.29) is 48.7 Å². The van der Waals surface area contributed by atoms with Crippen LogP contribution in [0.2, 0.25) is 0 Å². The molecule has 3 aliphatic rings. The number of ether oxygens (including phenoxy) is 2. The molecule has 12 heteroatoms. The number of pyridine rings is 1. The number of ketones is 1. The van der Waals surface area contributed by atoms with Crippen molar-refractivity contribution in [3.05, 3.63) is 77.1 Å². The van der Waals surface area contributed by atoms with E-state index in [9.17, 15) is 23.9 Å². The third-order valence-electron chi connectivity index (χ3n) is 11.2. The quantitative estimate of drug-likeness (QED) is 0.171. The minimum absolute atomic E-state index is 0.128. The van der Waals surface area contributed by atoms with Crippen molar-refractivity contribution in [2.45, 2.75) is 96.2 Å². The number of rotatable bonds is 8. The zero-order chi connectivity index (χ0) is 38.1. The summed E-state index contributed by atoms with van der Waals surface area (Å²) in [5.74, 6) is -0.665. The molecule has 0 radical (unpaired) electrons. The predicted octanol–water partition coefficient (Wildman–Crippen LogP) is 8.34. The van der Waals surface area contributed by atoms with Gasteiger partial charge in [0.1, 0.15) is 40.2 Å². The normalized spacial score (nSPS) is 25.4. The minimum Gasteiger partial charge on any atom is -0.496 e. The van der Waals surface area contributed by atoms with E-state index >= 15 is 0 Å². The maximum Gasteiger partial charge on any atom is 0.310 e. The number of benzene rings is 2. The van der Waals surface area contributed by atoms with E-state index in [1.807, 2.05) is 42.7 Å². The van der Waals surface area contributed by atoms with Crippen molar-refractivity contribution in [2.24, 2.45) is 11.3 Å². The average Bonchev–Trinajstić information content (AvgIpc) is 3.44. The average molecular weight is 755 g/mol. The second-order valence-corrected chi connectivity index (χ2v) is 16.1. The van der Waals surface area contributed by atoms with Crippen LogP contribution in [-0.4, -0.2) is 69.5 Å². The molecule has 10 nitrogen and oxygen atoms in total. The van der Waals surface area contributed by atoms with Gasteiger partial charge in [-0.25, -0.2) is 14.4 Å². The Morgan fingerprint density at radius 3 is 2.61 bits per heavy atom. The molecule has 5 atom stereocenters. The van der Waals surface area contributed by atoms with Crippen LogP contribution in [0.5, 0.6) is 11.5 Å². The van der Waals surface area contributed by atoms with Gasteiger partial charge in [0.25, 0.3) is 0 Å². The van der Waals surface area contributed by atoms with Crippen LogP contribution in [-0.2, 0) is 14.4 Å². The van der Waals surface area contributed by atoms with Crippen LogP contribution in [0.4, 0.5) is 10.1 Å². The summed E-state index contributed by atoms with van der Waals surface area (Å²) in [5.41, 5.74) is 2.57. The van der Waals surface area contributed by atoms with E-state index in [4.69, 9.17) is 19.4 Å². The third kappa shape index (κ3) is 7.58. The number of nitrogens with one attached hydrogen (secondary N) is 1. The molecular formula is C42H47FN4O6S. The Labute approximate surface area is 318 Å². The number of aromatic nitrogens is 2. The Morgan fingerprint density at radius 2 is 1.89 bits per heavy atom. The number of halogens is 1. The van der Waals surface area contributed by atoms with E-state index in [0.717, 1.165) is 47.3 Å². The van der Waals surface area contributed by atoms with Gasteiger partial charge >= 0.3 is 5.97 Å². The van der Waals surface area contributed by atoms with Crippen molar-refractivity contribution >= 4 is 45.6 Å². The van der Waals surface area contributed by atoms with Gasteiger partial charge in [-0.2, -0.15) is 0 Å². The first-order chi connectivity index (χ1) is 26.0. The third-order valence-corrected chi connectivity index (χ3v) is 12.1. The van der Waals surface area contributed by atoms with Crippen molar-refractivity contribution in [2.75, 3.05) is 19.0 Å². The summed E-state index contributed by atoms with van der Waals surface area (Å²) in [4.78, 5) is 53.0. The lowest BCUT2D eigenvalue weighted by atomic mass is 9.92. The lowest BCUT2D eigenvalue weighted by molar-refractivity contribution is -0.147. The monoisotopic (exact) mass is 754 g/mol. The highest BCUT2D eigenvalue weighted by Crippen LogP contribution is 2.57. The van der Waals surface area contributed by atoms with Gasteiger partial charge in [0.05, 0.1) is 36.3 Å². The molecule has 2 fully saturated rings. The number of hydrogen-bond acceptors (Lipinski definition) is 9. The Hall–Kier alpha value is -4.84. The van der Waals surface area contributed by atoms with Crippen LogP contribution < -0.4 is 14.8 Å². The van der Waals surface area contributed by atoms with Crippen molar-refractivity contribution in [1.29, 1.82) is 0 Å². The van der Waals surface area contributed by atoms with Crippen molar-refractivity contribution < 1.29 is 33.4 Å². The van der Waals surface area contributed by atoms with E-state index in [1.54, 1.807) is 24.1 Å². The second kappa shape index (κ2) is 15.5. The standard InChI is InChI=1S/C42H47FN4O6S/c1-24(2)33-23-54-39(46-33)32-19-37(30-16-17-36(52-4)25(3)38(30)45-32)53-29-18-34-35(48)21-42(41(50)51)20-26(42)10-8-6-5-7-9-11-31(40(49)47(34)22-29)44-28-14-12-27(43)13-15-28/h8,10,12-17,19,23-24,26,29,31,34,44H,5-7,9,11,18,20-22H2,1-4H3,(H,50,51)/b10-8-/t26-,29+,31-,34-,42+/m0/s1. The number of aryl methyl sites for hydroxylation is 1. The number of carboxylic acids is 1. The first-order valence-corrected chi connectivity index (χ1v) is 19.7. The van der Waals surface area contributed by atoms with E-state index < -0.39 is 29.6 Å². The number of thiazole rings is 1. The number of carbonyl (C=O) groups is 3. The molecule has 1 saturated carbocycles. The van der Waals surface area contributed by atoms with Gasteiger partial charge in [-0.15, -0.1) is 11.3 Å². The highest BCUT2D eigenvalue weighted by atomic mass is 32.1. The SMILES string of the molecule is COc1ccc2c(O[C@@H]3C[C@H]4C(=O)C[C@]5(C(=O)O)C[C@@H]5/C=C\CCCCC[C@H](Nc5ccc(F)cc5)C(=O)N4C3)cc(-c3nc(C(C)C)cs3)nc2c1C. The number of fused-ring (bicyclic) bond motifs is 3. The van der Waals surface area contributed by atoms with Crippen LogP contribution in [0, 0.1) is 24.1 Å². The fourth-order valence-corrected chi connectivity index (χ4v) is 8.82. The smallest absolute Gasteiger partial charge is 0.310 e. The molecule has 54 heavy (non-hydrogen) atoms. The topological polar surface area (TPSA) is 131 Å². The summed E-state index contributed by atoms with van der Waals surface area (Å²) >= 11 is 1.51.